The van der Waals surface area contributed by atoms with Gasteiger partial charge in [0.25, 0.3) is 5.91 Å². The fourth-order valence-electron chi connectivity index (χ4n) is 2.60. The molecule has 2 N–H and O–H groups in total. The summed E-state index contributed by atoms with van der Waals surface area (Å²) in [5.41, 5.74) is 0.945. The SMILES string of the molecule is COc1cc(Cl)c(C(=O)Nc2scc(-c3ccc(Cl)cc3)c2C(=O)O)c(Cl)c1Cl. The Morgan fingerprint density at radius 3 is 2.28 bits per heavy atom. The third-order valence-electron chi connectivity index (χ3n) is 3.96. The maximum atomic E-state index is 12.8. The number of amides is 1. The Labute approximate surface area is 189 Å². The van der Waals surface area contributed by atoms with E-state index in [2.05, 4.69) is 5.32 Å². The van der Waals surface area contributed by atoms with E-state index < -0.39 is 11.9 Å². The average Bonchev–Trinajstić information content (AvgIpc) is 3.09. The molecule has 3 aromatic rings. The molecule has 0 aliphatic heterocycles. The first-order valence-electron chi connectivity index (χ1n) is 7.88. The van der Waals surface area contributed by atoms with Gasteiger partial charge in [0, 0.05) is 22.0 Å². The summed E-state index contributed by atoms with van der Waals surface area (Å²) in [5.74, 6) is -1.68. The van der Waals surface area contributed by atoms with Crippen molar-refractivity contribution in [1.29, 1.82) is 0 Å². The summed E-state index contributed by atoms with van der Waals surface area (Å²) in [6, 6.07) is 8.05. The van der Waals surface area contributed by atoms with Crippen molar-refractivity contribution in [3.05, 3.63) is 66.9 Å². The third kappa shape index (κ3) is 4.32. The molecule has 0 saturated heterocycles. The highest BCUT2D eigenvalue weighted by Crippen LogP contribution is 2.41. The molecule has 0 radical (unpaired) electrons. The molecule has 1 amide bonds. The maximum Gasteiger partial charge on any atom is 0.339 e. The van der Waals surface area contributed by atoms with E-state index in [9.17, 15) is 14.7 Å². The number of thiophene rings is 1. The molecule has 150 valence electrons. The minimum atomic E-state index is -1.20. The summed E-state index contributed by atoms with van der Waals surface area (Å²) < 4.78 is 5.05. The number of aromatic carboxylic acids is 1. The molecule has 1 aromatic heterocycles. The Bertz CT molecular complexity index is 1110. The van der Waals surface area contributed by atoms with Gasteiger partial charge in [-0.05, 0) is 17.7 Å². The summed E-state index contributed by atoms with van der Waals surface area (Å²) in [6.07, 6.45) is 0. The van der Waals surface area contributed by atoms with Gasteiger partial charge in [-0.3, -0.25) is 4.79 Å². The number of rotatable bonds is 5. The average molecular weight is 491 g/mol. The molecule has 1 heterocycles. The van der Waals surface area contributed by atoms with Crippen LogP contribution in [0, 0.1) is 0 Å². The van der Waals surface area contributed by atoms with E-state index in [4.69, 9.17) is 51.1 Å². The van der Waals surface area contributed by atoms with Gasteiger partial charge in [0.05, 0.1) is 22.7 Å². The lowest BCUT2D eigenvalue weighted by molar-refractivity contribution is 0.0699. The number of nitrogens with one attached hydrogen (secondary N) is 1. The van der Waals surface area contributed by atoms with Gasteiger partial charge in [-0.15, -0.1) is 11.3 Å². The number of carbonyl (C=O) groups is 2. The molecule has 29 heavy (non-hydrogen) atoms. The third-order valence-corrected chi connectivity index (χ3v) is 6.25. The molecular formula is C19H11Cl4NO4S. The summed E-state index contributed by atoms with van der Waals surface area (Å²) in [6.45, 7) is 0. The van der Waals surface area contributed by atoms with Gasteiger partial charge >= 0.3 is 5.97 Å². The lowest BCUT2D eigenvalue weighted by atomic mass is 10.0. The van der Waals surface area contributed by atoms with Crippen molar-refractivity contribution >= 4 is 74.6 Å². The van der Waals surface area contributed by atoms with E-state index in [-0.39, 0.29) is 36.9 Å². The van der Waals surface area contributed by atoms with Crippen LogP contribution in [-0.2, 0) is 0 Å². The van der Waals surface area contributed by atoms with Crippen LogP contribution in [0.4, 0.5) is 5.00 Å². The van der Waals surface area contributed by atoms with Crippen LogP contribution in [-0.4, -0.2) is 24.1 Å². The van der Waals surface area contributed by atoms with Crippen LogP contribution in [0.25, 0.3) is 11.1 Å². The lowest BCUT2D eigenvalue weighted by Gasteiger charge is -2.12. The van der Waals surface area contributed by atoms with Crippen molar-refractivity contribution in [2.24, 2.45) is 0 Å². The van der Waals surface area contributed by atoms with E-state index in [1.165, 1.54) is 13.2 Å². The molecular weight excluding hydrogens is 480 g/mol. The molecule has 0 atom stereocenters. The summed E-state index contributed by atoms with van der Waals surface area (Å²) in [4.78, 5) is 24.7. The Kier molecular flexibility index (Phi) is 6.61. The summed E-state index contributed by atoms with van der Waals surface area (Å²) >= 11 is 25.4. The molecule has 5 nitrogen and oxygen atoms in total. The first-order chi connectivity index (χ1) is 13.7. The van der Waals surface area contributed by atoms with Crippen molar-refractivity contribution in [2.75, 3.05) is 12.4 Å². The molecule has 0 aliphatic carbocycles. The number of anilines is 1. The number of hydrogen-bond acceptors (Lipinski definition) is 4. The maximum absolute atomic E-state index is 12.8. The highest BCUT2D eigenvalue weighted by Gasteiger charge is 2.25. The van der Waals surface area contributed by atoms with Crippen molar-refractivity contribution < 1.29 is 19.4 Å². The van der Waals surface area contributed by atoms with E-state index >= 15 is 0 Å². The largest absolute Gasteiger partial charge is 0.495 e. The zero-order valence-corrected chi connectivity index (χ0v) is 18.4. The van der Waals surface area contributed by atoms with E-state index in [1.807, 2.05) is 0 Å². The number of ether oxygens (including phenoxy) is 1. The van der Waals surface area contributed by atoms with E-state index in [0.717, 1.165) is 11.3 Å². The Morgan fingerprint density at radius 2 is 1.69 bits per heavy atom. The van der Waals surface area contributed by atoms with Crippen LogP contribution >= 0.6 is 57.7 Å². The first kappa shape index (κ1) is 21.7. The van der Waals surface area contributed by atoms with Crippen molar-refractivity contribution in [3.63, 3.8) is 0 Å². The lowest BCUT2D eigenvalue weighted by Crippen LogP contribution is -2.15. The quantitative estimate of drug-likeness (QED) is 0.378. The van der Waals surface area contributed by atoms with Crippen LogP contribution in [0.3, 0.4) is 0 Å². The van der Waals surface area contributed by atoms with Gasteiger partial charge in [0.1, 0.15) is 21.3 Å². The second-order valence-electron chi connectivity index (χ2n) is 5.68. The minimum absolute atomic E-state index is 0.0140. The second kappa shape index (κ2) is 8.81. The number of carbonyl (C=O) groups excluding carboxylic acids is 1. The zero-order chi connectivity index (χ0) is 21.3. The van der Waals surface area contributed by atoms with Gasteiger partial charge < -0.3 is 15.2 Å². The smallest absolute Gasteiger partial charge is 0.339 e. The van der Waals surface area contributed by atoms with Gasteiger partial charge in [-0.25, -0.2) is 4.79 Å². The van der Waals surface area contributed by atoms with Crippen LogP contribution < -0.4 is 10.1 Å². The fraction of sp³-hybridized carbons (Fsp3) is 0.0526. The van der Waals surface area contributed by atoms with Crippen LogP contribution in [0.15, 0.2) is 35.7 Å². The molecule has 2 aromatic carbocycles. The topological polar surface area (TPSA) is 75.6 Å². The number of carboxylic acid groups (broad SMARTS) is 1. The highest BCUT2D eigenvalue weighted by atomic mass is 35.5. The molecule has 0 unspecified atom stereocenters. The number of hydrogen-bond donors (Lipinski definition) is 2. The monoisotopic (exact) mass is 489 g/mol. The van der Waals surface area contributed by atoms with Gasteiger partial charge in [-0.2, -0.15) is 0 Å². The van der Waals surface area contributed by atoms with Crippen molar-refractivity contribution in [1.82, 2.24) is 0 Å². The van der Waals surface area contributed by atoms with Crippen molar-refractivity contribution in [2.45, 2.75) is 0 Å². The molecule has 0 fully saturated rings. The molecule has 0 bridgehead atoms. The predicted molar refractivity (Wildman–Crippen MR) is 118 cm³/mol. The van der Waals surface area contributed by atoms with Gasteiger partial charge in [-0.1, -0.05) is 58.5 Å². The number of methoxy groups -OCH3 is 1. The minimum Gasteiger partial charge on any atom is -0.495 e. The normalized spacial score (nSPS) is 10.7. The van der Waals surface area contributed by atoms with Crippen molar-refractivity contribution in [3.8, 4) is 16.9 Å². The molecule has 10 heteroatoms. The number of halogens is 4. The van der Waals surface area contributed by atoms with E-state index in [0.29, 0.717) is 16.1 Å². The zero-order valence-electron chi connectivity index (χ0n) is 14.6. The fourth-order valence-corrected chi connectivity index (χ4v) is 4.52. The summed E-state index contributed by atoms with van der Waals surface area (Å²) in [5, 5.41) is 14.5. The predicted octanol–water partition coefficient (Wildman–Crippen LogP) is 6.99. The second-order valence-corrected chi connectivity index (χ2v) is 8.16. The Hall–Kier alpha value is -1.96. The van der Waals surface area contributed by atoms with Crippen LogP contribution in [0.2, 0.25) is 20.1 Å². The Morgan fingerprint density at radius 1 is 1.03 bits per heavy atom. The first-order valence-corrected chi connectivity index (χ1v) is 10.3. The molecule has 0 aliphatic rings. The standard InChI is InChI=1S/C19H11Cl4NO4S/c1-28-12-6-11(21)14(16(23)15(12)22)17(25)24-18-13(19(26)27)10(7-29-18)8-2-4-9(20)5-3-8/h2-7H,1H3,(H,24,25)(H,26,27). The van der Waals surface area contributed by atoms with Crippen LogP contribution in [0.1, 0.15) is 20.7 Å². The van der Waals surface area contributed by atoms with Gasteiger partial charge in [0.15, 0.2) is 0 Å². The number of carboxylic acids is 1. The van der Waals surface area contributed by atoms with Gasteiger partial charge in [0.2, 0.25) is 0 Å². The molecule has 0 spiro atoms. The highest BCUT2D eigenvalue weighted by molar-refractivity contribution is 7.15. The Balaban J connectivity index is 2.01. The van der Waals surface area contributed by atoms with E-state index in [1.54, 1.807) is 29.6 Å². The number of benzene rings is 2. The molecule has 0 saturated carbocycles. The molecule has 3 rings (SSSR count). The summed E-state index contributed by atoms with van der Waals surface area (Å²) in [7, 11) is 1.39. The van der Waals surface area contributed by atoms with Crippen LogP contribution in [0.5, 0.6) is 5.75 Å².